The van der Waals surface area contributed by atoms with E-state index >= 15 is 0 Å². The van der Waals surface area contributed by atoms with Crippen molar-refractivity contribution in [2.45, 2.75) is 0 Å². The van der Waals surface area contributed by atoms with E-state index in [0.717, 1.165) is 28.5 Å². The molecule has 0 saturated heterocycles. The number of hydrogen-bond donors (Lipinski definition) is 1. The molecule has 0 amide bonds. The van der Waals surface area contributed by atoms with Crippen LogP contribution in [-0.2, 0) is 0 Å². The normalized spacial score (nSPS) is 11.3. The average Bonchev–Trinajstić information content (AvgIpc) is 2.90. The molecule has 4 aromatic rings. The quantitative estimate of drug-likeness (QED) is 0.539. The number of aromatic nitrogens is 2. The van der Waals surface area contributed by atoms with Gasteiger partial charge in [0.1, 0.15) is 5.82 Å². The number of rotatable bonds is 1. The first-order chi connectivity index (χ1) is 10.2. The van der Waals surface area contributed by atoms with E-state index in [-0.39, 0.29) is 0 Å². The third-order valence-corrected chi connectivity index (χ3v) is 3.57. The molecule has 0 spiro atoms. The molecule has 0 aliphatic carbocycles. The zero-order valence-corrected chi connectivity index (χ0v) is 10.9. The Labute approximate surface area is 119 Å². The minimum absolute atomic E-state index is 0.414. The molecule has 1 N–H and O–H groups in total. The van der Waals surface area contributed by atoms with Crippen molar-refractivity contribution in [1.29, 1.82) is 0 Å². The lowest BCUT2D eigenvalue weighted by atomic mass is 10.0. The van der Waals surface area contributed by atoms with E-state index in [9.17, 15) is 8.78 Å². The van der Waals surface area contributed by atoms with E-state index < -0.39 is 11.6 Å². The number of nitrogens with one attached hydrogen (secondary N) is 1. The zero-order valence-electron chi connectivity index (χ0n) is 10.9. The lowest BCUT2D eigenvalue weighted by Gasteiger charge is -2.03. The van der Waals surface area contributed by atoms with E-state index in [2.05, 4.69) is 9.97 Å². The van der Waals surface area contributed by atoms with Gasteiger partial charge in [-0.05, 0) is 10.8 Å². The molecule has 0 aliphatic heterocycles. The van der Waals surface area contributed by atoms with Crippen molar-refractivity contribution in [3.63, 3.8) is 0 Å². The molecular weight excluding hydrogens is 270 g/mol. The Bertz CT molecular complexity index is 929. The second kappa shape index (κ2) is 4.38. The molecule has 102 valence electrons. The van der Waals surface area contributed by atoms with Crippen LogP contribution in [0.2, 0.25) is 0 Å². The number of nitrogens with zero attached hydrogens (tertiary/aromatic N) is 1. The molecule has 21 heavy (non-hydrogen) atoms. The fraction of sp³-hybridized carbons (Fsp3) is 0. The summed E-state index contributed by atoms with van der Waals surface area (Å²) < 4.78 is 26.6. The third-order valence-electron chi connectivity index (χ3n) is 3.57. The molecule has 3 aromatic carbocycles. The second-order valence-corrected chi connectivity index (χ2v) is 4.90. The van der Waals surface area contributed by atoms with Gasteiger partial charge >= 0.3 is 0 Å². The molecule has 0 fully saturated rings. The highest BCUT2D eigenvalue weighted by Crippen LogP contribution is 2.28. The van der Waals surface area contributed by atoms with Gasteiger partial charge in [0.15, 0.2) is 11.6 Å². The largest absolute Gasteiger partial charge is 0.338 e. The zero-order chi connectivity index (χ0) is 14.4. The first-order valence-corrected chi connectivity index (χ1v) is 6.55. The van der Waals surface area contributed by atoms with E-state index in [1.54, 1.807) is 0 Å². The maximum atomic E-state index is 13.3. The van der Waals surface area contributed by atoms with Gasteiger partial charge in [0.25, 0.3) is 0 Å². The highest BCUT2D eigenvalue weighted by atomic mass is 19.2. The molecule has 0 bridgehead atoms. The monoisotopic (exact) mass is 280 g/mol. The van der Waals surface area contributed by atoms with Gasteiger partial charge in [-0.1, -0.05) is 42.5 Å². The standard InChI is InChI=1S/C17H10F2N2/c18-13-8-15-16(9-14(13)19)21-17(20-15)12-7-3-5-10-4-1-2-6-11(10)12/h1-9H,(H,20,21). The lowest BCUT2D eigenvalue weighted by Crippen LogP contribution is -1.82. The van der Waals surface area contributed by atoms with Crippen LogP contribution in [0.15, 0.2) is 54.6 Å². The number of halogens is 2. The fourth-order valence-corrected chi connectivity index (χ4v) is 2.56. The van der Waals surface area contributed by atoms with Crippen molar-refractivity contribution in [2.24, 2.45) is 0 Å². The SMILES string of the molecule is Fc1cc2nc(-c3cccc4ccccc34)[nH]c2cc1F. The number of benzene rings is 3. The van der Waals surface area contributed by atoms with Gasteiger partial charge < -0.3 is 4.98 Å². The van der Waals surface area contributed by atoms with Crippen LogP contribution >= 0.6 is 0 Å². The number of imidazole rings is 1. The smallest absolute Gasteiger partial charge is 0.161 e. The van der Waals surface area contributed by atoms with Gasteiger partial charge in [0, 0.05) is 17.7 Å². The van der Waals surface area contributed by atoms with Crippen molar-refractivity contribution in [3.05, 3.63) is 66.2 Å². The van der Waals surface area contributed by atoms with Crippen molar-refractivity contribution in [2.75, 3.05) is 0 Å². The van der Waals surface area contributed by atoms with Gasteiger partial charge in [-0.2, -0.15) is 0 Å². The van der Waals surface area contributed by atoms with Gasteiger partial charge in [0.05, 0.1) is 11.0 Å². The van der Waals surface area contributed by atoms with E-state index in [4.69, 9.17) is 0 Å². The summed E-state index contributed by atoms with van der Waals surface area (Å²) in [6.07, 6.45) is 0. The predicted molar refractivity (Wildman–Crippen MR) is 79.0 cm³/mol. The van der Waals surface area contributed by atoms with Crippen molar-refractivity contribution >= 4 is 21.8 Å². The summed E-state index contributed by atoms with van der Waals surface area (Å²) in [5.41, 5.74) is 1.80. The maximum Gasteiger partial charge on any atom is 0.161 e. The van der Waals surface area contributed by atoms with E-state index in [1.807, 2.05) is 42.5 Å². The summed E-state index contributed by atoms with van der Waals surface area (Å²) >= 11 is 0. The van der Waals surface area contributed by atoms with Crippen LogP contribution in [0.25, 0.3) is 33.2 Å². The maximum absolute atomic E-state index is 13.3. The van der Waals surface area contributed by atoms with Crippen LogP contribution in [0.3, 0.4) is 0 Å². The predicted octanol–water partition coefficient (Wildman–Crippen LogP) is 4.66. The second-order valence-electron chi connectivity index (χ2n) is 4.90. The summed E-state index contributed by atoms with van der Waals surface area (Å²) in [5.74, 6) is -1.17. The van der Waals surface area contributed by atoms with Crippen molar-refractivity contribution in [1.82, 2.24) is 9.97 Å². The molecule has 4 heteroatoms. The van der Waals surface area contributed by atoms with Crippen LogP contribution in [0.5, 0.6) is 0 Å². The molecule has 0 unspecified atom stereocenters. The first kappa shape index (κ1) is 12.0. The molecule has 0 radical (unpaired) electrons. The van der Waals surface area contributed by atoms with E-state index in [1.165, 1.54) is 0 Å². The third kappa shape index (κ3) is 1.88. The summed E-state index contributed by atoms with van der Waals surface area (Å²) in [6, 6.07) is 16.1. The molecule has 0 aliphatic rings. The Balaban J connectivity index is 2.00. The first-order valence-electron chi connectivity index (χ1n) is 6.55. The van der Waals surface area contributed by atoms with Crippen LogP contribution in [0.1, 0.15) is 0 Å². The van der Waals surface area contributed by atoms with Crippen molar-refractivity contribution < 1.29 is 8.78 Å². The van der Waals surface area contributed by atoms with Crippen LogP contribution < -0.4 is 0 Å². The number of H-pyrrole nitrogens is 1. The number of aromatic amines is 1. The van der Waals surface area contributed by atoms with Crippen molar-refractivity contribution in [3.8, 4) is 11.4 Å². The van der Waals surface area contributed by atoms with Crippen LogP contribution in [0.4, 0.5) is 8.78 Å². The molecule has 1 heterocycles. The van der Waals surface area contributed by atoms with Crippen LogP contribution in [-0.4, -0.2) is 9.97 Å². The molecule has 0 atom stereocenters. The van der Waals surface area contributed by atoms with Gasteiger partial charge in [-0.25, -0.2) is 13.8 Å². The fourth-order valence-electron chi connectivity index (χ4n) is 2.56. The van der Waals surface area contributed by atoms with Crippen LogP contribution in [0, 0.1) is 11.6 Å². The Hall–Kier alpha value is -2.75. The minimum atomic E-state index is -0.890. The summed E-state index contributed by atoms with van der Waals surface area (Å²) in [6.45, 7) is 0. The molecule has 2 nitrogen and oxygen atoms in total. The molecular formula is C17H10F2N2. The Morgan fingerprint density at radius 1 is 0.857 bits per heavy atom. The van der Waals surface area contributed by atoms with E-state index in [0.29, 0.717) is 16.9 Å². The Morgan fingerprint density at radius 2 is 1.62 bits per heavy atom. The summed E-state index contributed by atoms with van der Waals surface area (Å²) in [5, 5.41) is 2.13. The molecule has 1 aromatic heterocycles. The number of hydrogen-bond acceptors (Lipinski definition) is 1. The average molecular weight is 280 g/mol. The molecule has 4 rings (SSSR count). The topological polar surface area (TPSA) is 28.7 Å². The van der Waals surface area contributed by atoms with Gasteiger partial charge in [-0.15, -0.1) is 0 Å². The Morgan fingerprint density at radius 3 is 2.52 bits per heavy atom. The van der Waals surface area contributed by atoms with Gasteiger partial charge in [-0.3, -0.25) is 0 Å². The number of fused-ring (bicyclic) bond motifs is 2. The highest BCUT2D eigenvalue weighted by Gasteiger charge is 2.11. The minimum Gasteiger partial charge on any atom is -0.338 e. The highest BCUT2D eigenvalue weighted by molar-refractivity contribution is 5.96. The Kier molecular flexibility index (Phi) is 2.51. The lowest BCUT2D eigenvalue weighted by molar-refractivity contribution is 0.510. The summed E-state index contributed by atoms with van der Waals surface area (Å²) in [4.78, 5) is 7.43. The molecule has 0 saturated carbocycles. The summed E-state index contributed by atoms with van der Waals surface area (Å²) in [7, 11) is 0. The van der Waals surface area contributed by atoms with Gasteiger partial charge in [0.2, 0.25) is 0 Å².